The van der Waals surface area contributed by atoms with Gasteiger partial charge in [0.2, 0.25) is 0 Å². The number of esters is 1. The van der Waals surface area contributed by atoms with Gasteiger partial charge in [-0.3, -0.25) is 0 Å². The van der Waals surface area contributed by atoms with Crippen LogP contribution in [-0.4, -0.2) is 24.7 Å². The van der Waals surface area contributed by atoms with Crippen LogP contribution in [0, 0.1) is 0 Å². The first-order valence-corrected chi connectivity index (χ1v) is 7.63. The molecular weight excluding hydrogens is 290 g/mol. The molecule has 1 heterocycles. The number of ether oxygens (including phenoxy) is 2. The number of hydrogen-bond donors (Lipinski definition) is 1. The van der Waals surface area contributed by atoms with Gasteiger partial charge in [-0.05, 0) is 30.2 Å². The lowest BCUT2D eigenvalue weighted by molar-refractivity contribution is 0.0519. The van der Waals surface area contributed by atoms with Gasteiger partial charge in [-0.15, -0.1) is 0 Å². The molecule has 0 bridgehead atoms. The lowest BCUT2D eigenvalue weighted by atomic mass is 10.0. The molecule has 23 heavy (non-hydrogen) atoms. The van der Waals surface area contributed by atoms with Crippen LogP contribution in [0.1, 0.15) is 28.5 Å². The Balaban J connectivity index is 2.11. The highest BCUT2D eigenvalue weighted by atomic mass is 16.5. The number of carbonyl (C=O) groups excluding carboxylic acids is 1. The number of hydrogen-bond acceptors (Lipinski definition) is 3. The lowest BCUT2D eigenvalue weighted by Crippen LogP contribution is -2.08. The predicted octanol–water partition coefficient (Wildman–Crippen LogP) is 3.94. The topological polar surface area (TPSA) is 51.3 Å². The highest BCUT2D eigenvalue weighted by molar-refractivity contribution is 5.98. The summed E-state index contributed by atoms with van der Waals surface area (Å²) in [4.78, 5) is 15.5. The molecule has 0 atom stereocenters. The van der Waals surface area contributed by atoms with Crippen molar-refractivity contribution in [1.82, 2.24) is 4.98 Å². The molecule has 0 aliphatic rings. The van der Waals surface area contributed by atoms with E-state index in [2.05, 4.69) is 4.98 Å². The maximum absolute atomic E-state index is 12.3. The summed E-state index contributed by atoms with van der Waals surface area (Å²) in [6, 6.07) is 15.7. The molecule has 4 nitrogen and oxygen atoms in total. The Hall–Kier alpha value is -2.75. The highest BCUT2D eigenvalue weighted by Gasteiger charge is 2.19. The molecule has 0 amide bonds. The van der Waals surface area contributed by atoms with E-state index >= 15 is 0 Å². The third-order valence-electron chi connectivity index (χ3n) is 3.85. The zero-order valence-corrected chi connectivity index (χ0v) is 13.3. The number of benzene rings is 2. The van der Waals surface area contributed by atoms with Gasteiger partial charge in [-0.2, -0.15) is 0 Å². The first-order valence-electron chi connectivity index (χ1n) is 7.63. The first kappa shape index (κ1) is 15.2. The van der Waals surface area contributed by atoms with Gasteiger partial charge >= 0.3 is 5.97 Å². The van der Waals surface area contributed by atoms with Gasteiger partial charge in [0, 0.05) is 17.3 Å². The van der Waals surface area contributed by atoms with Gasteiger partial charge in [0.1, 0.15) is 11.4 Å². The van der Waals surface area contributed by atoms with Gasteiger partial charge in [0.15, 0.2) is 0 Å². The fraction of sp³-hybridized carbons (Fsp3) is 0.211. The van der Waals surface area contributed by atoms with Crippen LogP contribution in [0.25, 0.3) is 10.9 Å². The SMILES string of the molecule is CCOC(=O)c1[nH]c2ccccc2c1Cc1ccccc1OC. The van der Waals surface area contributed by atoms with Gasteiger partial charge in [0.25, 0.3) is 0 Å². The van der Waals surface area contributed by atoms with Gasteiger partial charge in [0.05, 0.1) is 13.7 Å². The third kappa shape index (κ3) is 2.93. The van der Waals surface area contributed by atoms with Crippen LogP contribution in [0.2, 0.25) is 0 Å². The van der Waals surface area contributed by atoms with Crippen molar-refractivity contribution in [3.05, 3.63) is 65.4 Å². The number of para-hydroxylation sites is 2. The monoisotopic (exact) mass is 309 g/mol. The summed E-state index contributed by atoms with van der Waals surface area (Å²) in [5.41, 5.74) is 3.41. The number of aromatic amines is 1. The zero-order valence-electron chi connectivity index (χ0n) is 13.3. The molecule has 0 fully saturated rings. The molecule has 4 heteroatoms. The molecule has 0 saturated carbocycles. The minimum atomic E-state index is -0.325. The van der Waals surface area contributed by atoms with Crippen molar-refractivity contribution >= 4 is 16.9 Å². The molecule has 0 unspecified atom stereocenters. The van der Waals surface area contributed by atoms with Crippen molar-refractivity contribution in [3.63, 3.8) is 0 Å². The normalized spacial score (nSPS) is 10.7. The molecule has 0 radical (unpaired) electrons. The minimum Gasteiger partial charge on any atom is -0.496 e. The Bertz CT molecular complexity index is 836. The molecule has 0 aliphatic carbocycles. The van der Waals surface area contributed by atoms with Crippen molar-refractivity contribution in [2.75, 3.05) is 13.7 Å². The maximum atomic E-state index is 12.3. The Labute approximate surface area is 135 Å². The van der Waals surface area contributed by atoms with Crippen LogP contribution in [0.15, 0.2) is 48.5 Å². The van der Waals surface area contributed by atoms with E-state index in [1.807, 2.05) is 48.5 Å². The minimum absolute atomic E-state index is 0.325. The average Bonchev–Trinajstić information content (AvgIpc) is 2.94. The maximum Gasteiger partial charge on any atom is 0.355 e. The van der Waals surface area contributed by atoms with Gasteiger partial charge in [-0.25, -0.2) is 4.79 Å². The Morgan fingerprint density at radius 3 is 2.61 bits per heavy atom. The number of fused-ring (bicyclic) bond motifs is 1. The van der Waals surface area contributed by atoms with Gasteiger partial charge < -0.3 is 14.5 Å². The second-order valence-electron chi connectivity index (χ2n) is 5.23. The van der Waals surface area contributed by atoms with Crippen LogP contribution in [0.4, 0.5) is 0 Å². The zero-order chi connectivity index (χ0) is 16.2. The molecule has 0 aliphatic heterocycles. The highest BCUT2D eigenvalue weighted by Crippen LogP contribution is 2.28. The molecule has 0 saturated heterocycles. The van der Waals surface area contributed by atoms with Crippen LogP contribution < -0.4 is 4.74 Å². The summed E-state index contributed by atoms with van der Waals surface area (Å²) >= 11 is 0. The summed E-state index contributed by atoms with van der Waals surface area (Å²) < 4.78 is 10.6. The lowest BCUT2D eigenvalue weighted by Gasteiger charge is -2.09. The summed E-state index contributed by atoms with van der Waals surface area (Å²) in [5, 5.41) is 1.03. The molecular formula is C19H19NO3. The Morgan fingerprint density at radius 1 is 1.09 bits per heavy atom. The molecule has 0 spiro atoms. The van der Waals surface area contributed by atoms with E-state index in [0.29, 0.717) is 18.7 Å². The van der Waals surface area contributed by atoms with Crippen LogP contribution in [-0.2, 0) is 11.2 Å². The largest absolute Gasteiger partial charge is 0.496 e. The molecule has 3 rings (SSSR count). The van der Waals surface area contributed by atoms with Crippen molar-refractivity contribution in [2.24, 2.45) is 0 Å². The number of aromatic nitrogens is 1. The Kier molecular flexibility index (Phi) is 4.33. The molecule has 118 valence electrons. The van der Waals surface area contributed by atoms with E-state index in [4.69, 9.17) is 9.47 Å². The van der Waals surface area contributed by atoms with Gasteiger partial charge in [-0.1, -0.05) is 36.4 Å². The Morgan fingerprint density at radius 2 is 1.83 bits per heavy atom. The molecule has 1 aromatic heterocycles. The summed E-state index contributed by atoms with van der Waals surface area (Å²) in [6.07, 6.45) is 0.599. The standard InChI is InChI=1S/C19H19NO3/c1-3-23-19(21)18-15(14-9-5-6-10-16(14)20-18)12-13-8-4-7-11-17(13)22-2/h4-11,20H,3,12H2,1-2H3. The van der Waals surface area contributed by atoms with Crippen molar-refractivity contribution in [3.8, 4) is 5.75 Å². The van der Waals surface area contributed by atoms with Crippen LogP contribution >= 0.6 is 0 Å². The summed E-state index contributed by atoms with van der Waals surface area (Å²) in [5.74, 6) is 0.487. The first-order chi connectivity index (χ1) is 11.2. The smallest absolute Gasteiger partial charge is 0.355 e. The van der Waals surface area contributed by atoms with E-state index in [-0.39, 0.29) is 5.97 Å². The molecule has 2 aromatic carbocycles. The van der Waals surface area contributed by atoms with E-state index in [0.717, 1.165) is 27.8 Å². The van der Waals surface area contributed by atoms with Crippen molar-refractivity contribution < 1.29 is 14.3 Å². The number of H-pyrrole nitrogens is 1. The quantitative estimate of drug-likeness (QED) is 0.726. The summed E-state index contributed by atoms with van der Waals surface area (Å²) in [6.45, 7) is 2.16. The second-order valence-corrected chi connectivity index (χ2v) is 5.23. The van der Waals surface area contributed by atoms with Crippen molar-refractivity contribution in [1.29, 1.82) is 0 Å². The van der Waals surface area contributed by atoms with Crippen LogP contribution in [0.5, 0.6) is 5.75 Å². The summed E-state index contributed by atoms with van der Waals surface area (Å²) in [7, 11) is 1.65. The molecule has 3 aromatic rings. The van der Waals surface area contributed by atoms with Crippen LogP contribution in [0.3, 0.4) is 0 Å². The van der Waals surface area contributed by atoms with Crippen molar-refractivity contribution in [2.45, 2.75) is 13.3 Å². The average molecular weight is 309 g/mol. The van der Waals surface area contributed by atoms with E-state index in [9.17, 15) is 4.79 Å². The van der Waals surface area contributed by atoms with E-state index in [1.54, 1.807) is 14.0 Å². The number of carbonyl (C=O) groups is 1. The second kappa shape index (κ2) is 6.57. The predicted molar refractivity (Wildman–Crippen MR) is 90.1 cm³/mol. The number of rotatable bonds is 5. The van der Waals surface area contributed by atoms with E-state index < -0.39 is 0 Å². The number of methoxy groups -OCH3 is 1. The molecule has 1 N–H and O–H groups in total. The van der Waals surface area contributed by atoms with E-state index in [1.165, 1.54) is 0 Å². The number of nitrogens with one attached hydrogen (secondary N) is 1. The third-order valence-corrected chi connectivity index (χ3v) is 3.85. The fourth-order valence-electron chi connectivity index (χ4n) is 2.80. The fourth-order valence-corrected chi connectivity index (χ4v) is 2.80.